The van der Waals surface area contributed by atoms with Gasteiger partial charge in [-0.25, -0.2) is 8.42 Å². The topological polar surface area (TPSA) is 107 Å². The van der Waals surface area contributed by atoms with Gasteiger partial charge in [-0.15, -0.1) is 0 Å². The van der Waals surface area contributed by atoms with Crippen molar-refractivity contribution in [1.29, 1.82) is 5.26 Å². The van der Waals surface area contributed by atoms with Crippen LogP contribution in [0.5, 0.6) is 0 Å². The van der Waals surface area contributed by atoms with Crippen molar-refractivity contribution in [3.63, 3.8) is 0 Å². The molecule has 10 heteroatoms. The van der Waals surface area contributed by atoms with Gasteiger partial charge in [-0.1, -0.05) is 61.3 Å². The van der Waals surface area contributed by atoms with Gasteiger partial charge in [0.2, 0.25) is 11.8 Å². The molecule has 1 saturated heterocycles. The first-order valence-electron chi connectivity index (χ1n) is 11.8. The first-order valence-corrected chi connectivity index (χ1v) is 14.1. The number of halogens is 2. The number of carbonyl (C=O) groups is 2. The molecule has 2 amide bonds. The standard InChI is InChI=1S/C26H27Cl2N3O4S/c1-16(2)23(17-7-9-18(27)10-8-17)25(33)31(26(15-29)11-12-26)24(32)21-13-19(14-30-21)36(34,35)22-6-4-3-5-20(22)28/h3-10,16,19,21,23,30H,11-14H2,1-2H3/t19-,21+,23?/m1/s1. The van der Waals surface area contributed by atoms with Gasteiger partial charge in [-0.05, 0) is 55.0 Å². The van der Waals surface area contributed by atoms with Crippen LogP contribution in [0.1, 0.15) is 44.6 Å². The maximum absolute atomic E-state index is 13.9. The van der Waals surface area contributed by atoms with E-state index >= 15 is 0 Å². The normalized spacial score (nSPS) is 21.6. The molecule has 2 aliphatic rings. The number of sulfone groups is 1. The molecule has 0 radical (unpaired) electrons. The molecule has 1 heterocycles. The highest BCUT2D eigenvalue weighted by molar-refractivity contribution is 7.92. The summed E-state index contributed by atoms with van der Waals surface area (Å²) in [5.74, 6) is -1.86. The highest BCUT2D eigenvalue weighted by atomic mass is 35.5. The minimum Gasteiger partial charge on any atom is -0.304 e. The molecule has 2 aromatic carbocycles. The largest absolute Gasteiger partial charge is 0.304 e. The second-order valence-corrected chi connectivity index (χ2v) is 12.8. The van der Waals surface area contributed by atoms with Gasteiger partial charge in [0.05, 0.1) is 33.2 Å². The van der Waals surface area contributed by atoms with Crippen LogP contribution in [0, 0.1) is 17.2 Å². The zero-order chi connectivity index (χ0) is 26.3. The van der Waals surface area contributed by atoms with Crippen LogP contribution in [-0.4, -0.2) is 48.5 Å². The maximum atomic E-state index is 13.9. The lowest BCUT2D eigenvalue weighted by Gasteiger charge is -2.33. The molecule has 4 rings (SSSR count). The minimum absolute atomic E-state index is 0.0118. The average molecular weight is 548 g/mol. The summed E-state index contributed by atoms with van der Waals surface area (Å²) in [7, 11) is -3.81. The molecule has 1 aliphatic carbocycles. The molecule has 36 heavy (non-hydrogen) atoms. The van der Waals surface area contributed by atoms with Crippen molar-refractivity contribution in [2.45, 2.75) is 60.8 Å². The summed E-state index contributed by atoms with van der Waals surface area (Å²) in [5.41, 5.74) is -0.515. The van der Waals surface area contributed by atoms with E-state index in [2.05, 4.69) is 11.4 Å². The molecule has 1 aliphatic heterocycles. The first kappa shape index (κ1) is 26.6. The van der Waals surface area contributed by atoms with Crippen molar-refractivity contribution < 1.29 is 18.0 Å². The number of imide groups is 1. The highest BCUT2D eigenvalue weighted by Gasteiger charge is 2.57. The van der Waals surface area contributed by atoms with Gasteiger partial charge in [0.1, 0.15) is 5.54 Å². The summed E-state index contributed by atoms with van der Waals surface area (Å²) in [6.07, 6.45) is 0.756. The number of nitrogens with one attached hydrogen (secondary N) is 1. The van der Waals surface area contributed by atoms with Crippen LogP contribution in [-0.2, 0) is 19.4 Å². The van der Waals surface area contributed by atoms with E-state index in [-0.39, 0.29) is 28.8 Å². The van der Waals surface area contributed by atoms with E-state index in [1.807, 2.05) is 13.8 Å². The Labute approximate surface area is 221 Å². The number of benzene rings is 2. The molecule has 1 N–H and O–H groups in total. The molecule has 1 saturated carbocycles. The Hall–Kier alpha value is -2.44. The first-order chi connectivity index (χ1) is 17.0. The maximum Gasteiger partial charge on any atom is 0.247 e. The fourth-order valence-corrected chi connectivity index (χ4v) is 7.11. The van der Waals surface area contributed by atoms with Crippen LogP contribution in [0.4, 0.5) is 0 Å². The average Bonchev–Trinajstić information content (AvgIpc) is 3.44. The summed E-state index contributed by atoms with van der Waals surface area (Å²) >= 11 is 12.2. The van der Waals surface area contributed by atoms with E-state index < -0.39 is 44.4 Å². The number of hydrogen-bond acceptors (Lipinski definition) is 6. The van der Waals surface area contributed by atoms with Gasteiger partial charge in [0.25, 0.3) is 0 Å². The monoisotopic (exact) mass is 547 g/mol. The van der Waals surface area contributed by atoms with Crippen LogP contribution in [0.25, 0.3) is 0 Å². The van der Waals surface area contributed by atoms with Crippen LogP contribution < -0.4 is 5.32 Å². The van der Waals surface area contributed by atoms with Crippen molar-refractivity contribution in [3.8, 4) is 6.07 Å². The van der Waals surface area contributed by atoms with E-state index in [9.17, 15) is 23.3 Å². The van der Waals surface area contributed by atoms with Gasteiger partial charge < -0.3 is 5.32 Å². The summed E-state index contributed by atoms with van der Waals surface area (Å²) in [5, 5.41) is 12.6. The fraction of sp³-hybridized carbons (Fsp3) is 0.423. The van der Waals surface area contributed by atoms with Gasteiger partial charge in [-0.2, -0.15) is 5.26 Å². The molecule has 2 fully saturated rings. The molecule has 190 valence electrons. The number of carbonyl (C=O) groups excluding carboxylic acids is 2. The lowest BCUT2D eigenvalue weighted by atomic mass is 9.86. The third-order valence-corrected chi connectivity index (χ3v) is 9.83. The molecule has 2 aromatic rings. The Balaban J connectivity index is 1.62. The van der Waals surface area contributed by atoms with Gasteiger partial charge in [0, 0.05) is 11.6 Å². The van der Waals surface area contributed by atoms with Crippen LogP contribution in [0.2, 0.25) is 10.0 Å². The van der Waals surface area contributed by atoms with Gasteiger partial charge >= 0.3 is 0 Å². The zero-order valence-electron chi connectivity index (χ0n) is 19.9. The summed E-state index contributed by atoms with van der Waals surface area (Å²) in [4.78, 5) is 28.8. The summed E-state index contributed by atoms with van der Waals surface area (Å²) < 4.78 is 26.4. The molecule has 0 aromatic heterocycles. The Kier molecular flexibility index (Phi) is 7.50. The van der Waals surface area contributed by atoms with Crippen LogP contribution in [0.15, 0.2) is 53.4 Å². The van der Waals surface area contributed by atoms with E-state index in [0.29, 0.717) is 23.4 Å². The zero-order valence-corrected chi connectivity index (χ0v) is 22.3. The van der Waals surface area contributed by atoms with Crippen molar-refractivity contribution in [3.05, 3.63) is 64.1 Å². The number of nitrogens with zero attached hydrogens (tertiary/aromatic N) is 2. The second-order valence-electron chi connectivity index (χ2n) is 9.72. The lowest BCUT2D eigenvalue weighted by Crippen LogP contribution is -2.54. The van der Waals surface area contributed by atoms with E-state index in [0.717, 1.165) is 4.90 Å². The predicted molar refractivity (Wildman–Crippen MR) is 137 cm³/mol. The summed E-state index contributed by atoms with van der Waals surface area (Å²) in [6, 6.07) is 14.3. The van der Waals surface area contributed by atoms with E-state index in [1.165, 1.54) is 12.1 Å². The van der Waals surface area contributed by atoms with E-state index in [1.54, 1.807) is 36.4 Å². The van der Waals surface area contributed by atoms with Crippen molar-refractivity contribution in [1.82, 2.24) is 10.2 Å². The van der Waals surface area contributed by atoms with Gasteiger partial charge in [-0.3, -0.25) is 14.5 Å². The van der Waals surface area contributed by atoms with Crippen molar-refractivity contribution in [2.75, 3.05) is 6.54 Å². The quantitative estimate of drug-likeness (QED) is 0.552. The van der Waals surface area contributed by atoms with E-state index in [4.69, 9.17) is 23.2 Å². The third-order valence-electron chi connectivity index (χ3n) is 6.93. The summed E-state index contributed by atoms with van der Waals surface area (Å²) in [6.45, 7) is 3.80. The third kappa shape index (κ3) is 4.90. The molecule has 0 spiro atoms. The Morgan fingerprint density at radius 2 is 1.75 bits per heavy atom. The van der Waals surface area contributed by atoms with Crippen LogP contribution >= 0.6 is 23.2 Å². The molecular weight excluding hydrogens is 521 g/mol. The molecule has 0 bridgehead atoms. The van der Waals surface area contributed by atoms with Crippen molar-refractivity contribution in [2.24, 2.45) is 5.92 Å². The molecular formula is C26H27Cl2N3O4S. The van der Waals surface area contributed by atoms with Crippen LogP contribution in [0.3, 0.4) is 0 Å². The number of amides is 2. The Morgan fingerprint density at radius 1 is 1.11 bits per heavy atom. The second kappa shape index (κ2) is 10.1. The Bertz CT molecular complexity index is 1320. The molecule has 1 unspecified atom stereocenters. The number of nitriles is 1. The highest BCUT2D eigenvalue weighted by Crippen LogP contribution is 2.44. The lowest BCUT2D eigenvalue weighted by molar-refractivity contribution is -0.150. The van der Waals surface area contributed by atoms with Crippen molar-refractivity contribution >= 4 is 44.9 Å². The van der Waals surface area contributed by atoms with Gasteiger partial charge in [0.15, 0.2) is 9.84 Å². The SMILES string of the molecule is CC(C)C(C(=O)N(C(=O)[C@@H]1C[C@@H](S(=O)(=O)c2ccccc2Cl)CN1)C1(C#N)CC1)c1ccc(Cl)cc1. The number of hydrogen-bond donors (Lipinski definition) is 1. The molecule has 7 nitrogen and oxygen atoms in total. The minimum atomic E-state index is -3.81. The number of rotatable bonds is 7. The smallest absolute Gasteiger partial charge is 0.247 e. The fourth-order valence-electron chi connectivity index (χ4n) is 4.79. The predicted octanol–water partition coefficient (Wildman–Crippen LogP) is 4.35. The Morgan fingerprint density at radius 3 is 2.31 bits per heavy atom. The molecule has 3 atom stereocenters.